The van der Waals surface area contributed by atoms with Gasteiger partial charge < -0.3 is 10.2 Å². The highest BCUT2D eigenvalue weighted by Crippen LogP contribution is 2.06. The third kappa shape index (κ3) is 2.08. The van der Waals surface area contributed by atoms with Gasteiger partial charge in [-0.05, 0) is 18.9 Å². The molecule has 2 nitrogen and oxygen atoms in total. The van der Waals surface area contributed by atoms with E-state index in [9.17, 15) is 0 Å². The van der Waals surface area contributed by atoms with E-state index < -0.39 is 0 Å². The van der Waals surface area contributed by atoms with Gasteiger partial charge in [0.25, 0.3) is 0 Å². The van der Waals surface area contributed by atoms with Crippen molar-refractivity contribution in [2.24, 2.45) is 0 Å². The molecule has 0 aromatic carbocycles. The molecule has 0 radical (unpaired) electrons. The zero-order valence-corrected chi connectivity index (χ0v) is 7.89. The number of fused-ring (bicyclic) bond motifs is 1. The van der Waals surface area contributed by atoms with Gasteiger partial charge in [-0.1, -0.05) is 6.32 Å². The molecule has 64 valence electrons. The summed E-state index contributed by atoms with van der Waals surface area (Å²) in [5, 5.41) is 3.49. The fourth-order valence-electron chi connectivity index (χ4n) is 2.43. The largest absolute Gasteiger partial charge is 0.315 e. The maximum Gasteiger partial charge on any atom is 0.102 e. The van der Waals surface area contributed by atoms with Crippen LogP contribution in [0.4, 0.5) is 0 Å². The highest BCUT2D eigenvalue weighted by Gasteiger charge is 2.23. The Bertz CT molecular complexity index is 129. The minimum atomic E-state index is 0.860. The predicted molar refractivity (Wildman–Crippen MR) is 59.1 cm³/mol. The molecule has 2 heterocycles. The van der Waals surface area contributed by atoms with Crippen LogP contribution in [0.2, 0.25) is 6.32 Å². The molecule has 0 aromatic rings. The molecular formula is C7H17B3N2. The predicted octanol–water partition coefficient (Wildman–Crippen LogP) is -1.82. The van der Waals surface area contributed by atoms with Crippen molar-refractivity contribution in [2.75, 3.05) is 26.2 Å². The smallest absolute Gasteiger partial charge is 0.102 e. The van der Waals surface area contributed by atoms with Gasteiger partial charge in [0.05, 0.1) is 14.2 Å². The summed E-state index contributed by atoms with van der Waals surface area (Å²) in [5.41, 5.74) is 0. The molecule has 0 aliphatic carbocycles. The molecule has 2 aliphatic rings. The van der Waals surface area contributed by atoms with Gasteiger partial charge >= 0.3 is 0 Å². The topological polar surface area (TPSA) is 15.3 Å². The zero-order chi connectivity index (χ0) is 8.23. The van der Waals surface area contributed by atoms with Crippen LogP contribution in [0.5, 0.6) is 0 Å². The summed E-state index contributed by atoms with van der Waals surface area (Å²) >= 11 is 0. The van der Waals surface area contributed by atoms with Crippen molar-refractivity contribution < 1.29 is 0 Å². The Morgan fingerprint density at radius 3 is 3.33 bits per heavy atom. The van der Waals surface area contributed by atoms with Gasteiger partial charge in [0.1, 0.15) is 7.17 Å². The van der Waals surface area contributed by atoms with Gasteiger partial charge in [0.15, 0.2) is 0 Å². The van der Waals surface area contributed by atoms with E-state index in [1.807, 2.05) is 0 Å². The molecule has 0 saturated carbocycles. The first-order chi connectivity index (χ1) is 5.97. The van der Waals surface area contributed by atoms with Crippen molar-refractivity contribution in [3.8, 4) is 0 Å². The van der Waals surface area contributed by atoms with Crippen molar-refractivity contribution in [1.82, 2.24) is 10.2 Å². The van der Waals surface area contributed by atoms with Crippen LogP contribution in [0.25, 0.3) is 0 Å². The van der Waals surface area contributed by atoms with Crippen LogP contribution in [0.1, 0.15) is 6.42 Å². The lowest BCUT2D eigenvalue weighted by atomic mass is 9.16. The van der Waals surface area contributed by atoms with Crippen molar-refractivity contribution in [3.63, 3.8) is 0 Å². The van der Waals surface area contributed by atoms with Crippen LogP contribution in [-0.4, -0.2) is 58.4 Å². The summed E-state index contributed by atoms with van der Waals surface area (Å²) in [6, 6.07) is 0. The normalized spacial score (nSPS) is 31.5. The Balaban J connectivity index is 1.89. The fourth-order valence-corrected chi connectivity index (χ4v) is 2.43. The Kier molecular flexibility index (Phi) is 3.18. The van der Waals surface area contributed by atoms with Gasteiger partial charge in [-0.15, -0.1) is 0 Å². The average Bonchev–Trinajstić information content (AvgIpc) is 2.06. The van der Waals surface area contributed by atoms with Crippen LogP contribution in [-0.2, 0) is 0 Å². The third-order valence-electron chi connectivity index (χ3n) is 3.20. The number of nitrogens with one attached hydrogen (secondary N) is 1. The monoisotopic (exact) mass is 162 g/mol. The number of rotatable bonds is 0. The summed E-state index contributed by atoms with van der Waals surface area (Å²) in [4.78, 5) is 2.69. The van der Waals surface area contributed by atoms with E-state index in [4.69, 9.17) is 0 Å². The molecule has 5 heteroatoms. The van der Waals surface area contributed by atoms with E-state index in [1.54, 1.807) is 0 Å². The summed E-state index contributed by atoms with van der Waals surface area (Å²) < 4.78 is 0. The SMILES string of the molecule is B1BCCCN2CCNCC2B1. The van der Waals surface area contributed by atoms with E-state index in [1.165, 1.54) is 60.3 Å². The molecule has 12 heavy (non-hydrogen) atoms. The number of hydrogen-bond acceptors (Lipinski definition) is 2. The van der Waals surface area contributed by atoms with Crippen molar-refractivity contribution >= 4 is 21.4 Å². The van der Waals surface area contributed by atoms with Crippen molar-refractivity contribution in [2.45, 2.75) is 18.7 Å². The van der Waals surface area contributed by atoms with Gasteiger partial charge in [-0.2, -0.15) is 0 Å². The molecule has 1 unspecified atom stereocenters. The van der Waals surface area contributed by atoms with Gasteiger partial charge in [0, 0.05) is 19.6 Å². The Labute approximate surface area is 77.2 Å². The lowest BCUT2D eigenvalue weighted by Gasteiger charge is -2.37. The fraction of sp³-hybridized carbons (Fsp3) is 1.00. The second-order valence-corrected chi connectivity index (χ2v) is 4.10. The molecule has 0 bridgehead atoms. The molecule has 0 amide bonds. The van der Waals surface area contributed by atoms with E-state index in [2.05, 4.69) is 10.2 Å². The van der Waals surface area contributed by atoms with E-state index in [0.29, 0.717) is 0 Å². The van der Waals surface area contributed by atoms with Gasteiger partial charge in [-0.3, -0.25) is 0 Å². The van der Waals surface area contributed by atoms with E-state index >= 15 is 0 Å². The summed E-state index contributed by atoms with van der Waals surface area (Å²) in [6.07, 6.45) is 2.88. The van der Waals surface area contributed by atoms with E-state index in [0.717, 1.165) is 5.94 Å². The summed E-state index contributed by atoms with van der Waals surface area (Å²) in [7, 11) is 4.33. The first kappa shape index (κ1) is 8.70. The quantitative estimate of drug-likeness (QED) is 0.421. The highest BCUT2D eigenvalue weighted by atomic mass is 15.2. The van der Waals surface area contributed by atoms with Crippen LogP contribution in [0.3, 0.4) is 0 Å². The molecule has 2 saturated heterocycles. The van der Waals surface area contributed by atoms with Crippen LogP contribution in [0, 0.1) is 0 Å². The number of nitrogens with zero attached hydrogens (tertiary/aromatic N) is 1. The van der Waals surface area contributed by atoms with Crippen molar-refractivity contribution in [3.05, 3.63) is 0 Å². The second-order valence-electron chi connectivity index (χ2n) is 4.10. The molecule has 2 fully saturated rings. The summed E-state index contributed by atoms with van der Waals surface area (Å²) in [6.45, 7) is 5.08. The summed E-state index contributed by atoms with van der Waals surface area (Å²) in [5.74, 6) is 0.860. The third-order valence-corrected chi connectivity index (χ3v) is 3.20. The molecule has 1 atom stereocenters. The maximum atomic E-state index is 3.49. The first-order valence-corrected chi connectivity index (χ1v) is 5.41. The second kappa shape index (κ2) is 4.38. The molecule has 0 spiro atoms. The van der Waals surface area contributed by atoms with Crippen LogP contribution < -0.4 is 5.32 Å². The standard InChI is InChI=1S/C7H17B3N2/c1-2-8-10-9-7-6-11-3-5-12(7)4-1/h7-11H,1-6H2. The molecule has 0 aromatic heterocycles. The minimum Gasteiger partial charge on any atom is -0.315 e. The minimum absolute atomic E-state index is 0.860. The van der Waals surface area contributed by atoms with Crippen LogP contribution in [0.15, 0.2) is 0 Å². The van der Waals surface area contributed by atoms with Gasteiger partial charge in [-0.25, -0.2) is 0 Å². The van der Waals surface area contributed by atoms with E-state index in [-0.39, 0.29) is 0 Å². The Morgan fingerprint density at radius 2 is 2.33 bits per heavy atom. The molecule has 2 rings (SSSR count). The lowest BCUT2D eigenvalue weighted by molar-refractivity contribution is 0.213. The maximum absolute atomic E-state index is 3.49. The van der Waals surface area contributed by atoms with Crippen molar-refractivity contribution in [1.29, 1.82) is 0 Å². The van der Waals surface area contributed by atoms with Gasteiger partial charge in [0.2, 0.25) is 0 Å². The number of hydrogen-bond donors (Lipinski definition) is 1. The van der Waals surface area contributed by atoms with Crippen LogP contribution >= 0.6 is 0 Å². The Hall–Kier alpha value is 0.115. The number of piperazine rings is 1. The first-order valence-electron chi connectivity index (χ1n) is 5.41. The highest BCUT2D eigenvalue weighted by molar-refractivity contribution is 7.29. The molecule has 1 N–H and O–H groups in total. The molecule has 2 aliphatic heterocycles. The zero-order valence-electron chi connectivity index (χ0n) is 7.89. The average molecular weight is 162 g/mol. The molecular weight excluding hydrogens is 145 g/mol. The Morgan fingerprint density at radius 1 is 1.33 bits per heavy atom. The lowest BCUT2D eigenvalue weighted by Crippen LogP contribution is -2.56.